The van der Waals surface area contributed by atoms with Crippen molar-refractivity contribution in [1.82, 2.24) is 0 Å². The Morgan fingerprint density at radius 3 is 2.13 bits per heavy atom. The molecule has 31 heavy (non-hydrogen) atoms. The van der Waals surface area contributed by atoms with Crippen LogP contribution in [0.5, 0.6) is 0 Å². The molecule has 0 unspecified atom stereocenters. The van der Waals surface area contributed by atoms with Gasteiger partial charge in [-0.05, 0) is 71.7 Å². The Labute approximate surface area is 178 Å². The molecule has 3 aromatic carbocycles. The number of hydrogen-bond acceptors (Lipinski definition) is 0. The molecule has 0 N–H and O–H groups in total. The first-order chi connectivity index (χ1) is 14.9. The van der Waals surface area contributed by atoms with Crippen LogP contribution in [-0.2, 0) is 12.8 Å². The van der Waals surface area contributed by atoms with Gasteiger partial charge < -0.3 is 0 Å². The second-order valence-electron chi connectivity index (χ2n) is 7.84. The van der Waals surface area contributed by atoms with Crippen LogP contribution in [0.2, 0.25) is 0 Å². The zero-order chi connectivity index (χ0) is 22.1. The Morgan fingerprint density at radius 2 is 1.45 bits per heavy atom. The molecule has 0 spiro atoms. The van der Waals surface area contributed by atoms with Crippen LogP contribution in [-0.4, -0.2) is 0 Å². The summed E-state index contributed by atoms with van der Waals surface area (Å²) in [4.78, 5) is 0. The fraction of sp³-hybridized carbons (Fsp3) is 0.231. The molecule has 0 saturated carbocycles. The molecule has 3 aromatic rings. The molecule has 0 aromatic heterocycles. The van der Waals surface area contributed by atoms with Gasteiger partial charge in [0.25, 0.3) is 0 Å². The molecule has 0 heterocycles. The average molecular weight is 428 g/mol. The topological polar surface area (TPSA) is 0 Å². The average Bonchev–Trinajstić information content (AvgIpc) is 2.76. The predicted octanol–water partition coefficient (Wildman–Crippen LogP) is 7.88. The molecule has 1 aliphatic rings. The summed E-state index contributed by atoms with van der Waals surface area (Å²) >= 11 is 0. The lowest BCUT2D eigenvalue weighted by atomic mass is 9.86. The highest BCUT2D eigenvalue weighted by molar-refractivity contribution is 5.85. The Morgan fingerprint density at radius 1 is 0.742 bits per heavy atom. The Hall–Kier alpha value is -2.95. The van der Waals surface area contributed by atoms with Gasteiger partial charge in [0, 0.05) is 11.1 Å². The van der Waals surface area contributed by atoms with E-state index in [-0.39, 0.29) is 16.9 Å². The van der Waals surface area contributed by atoms with Crippen molar-refractivity contribution in [3.63, 3.8) is 0 Å². The first kappa shape index (κ1) is 21.3. The van der Waals surface area contributed by atoms with Crippen LogP contribution in [0.4, 0.5) is 22.0 Å². The van der Waals surface area contributed by atoms with E-state index in [1.807, 2.05) is 6.07 Å². The summed E-state index contributed by atoms with van der Waals surface area (Å²) in [5, 5.41) is 0. The first-order valence-corrected chi connectivity index (χ1v) is 10.3. The number of unbranched alkanes of at least 4 members (excludes halogenated alkanes) is 1. The van der Waals surface area contributed by atoms with Gasteiger partial charge in [0.05, 0.1) is 0 Å². The number of aryl methyl sites for hydroxylation is 1. The van der Waals surface area contributed by atoms with Crippen molar-refractivity contribution in [3.8, 4) is 11.1 Å². The van der Waals surface area contributed by atoms with Gasteiger partial charge in [-0.25, -0.2) is 22.0 Å². The minimum absolute atomic E-state index is 0.000132. The van der Waals surface area contributed by atoms with Gasteiger partial charge in [-0.1, -0.05) is 43.7 Å². The van der Waals surface area contributed by atoms with Gasteiger partial charge in [-0.2, -0.15) is 0 Å². The molecule has 4 rings (SSSR count). The monoisotopic (exact) mass is 428 g/mol. The number of benzene rings is 3. The van der Waals surface area contributed by atoms with Crippen LogP contribution < -0.4 is 0 Å². The third-order valence-corrected chi connectivity index (χ3v) is 5.75. The van der Waals surface area contributed by atoms with E-state index in [4.69, 9.17) is 0 Å². The van der Waals surface area contributed by atoms with Crippen LogP contribution in [0.25, 0.3) is 22.8 Å². The summed E-state index contributed by atoms with van der Waals surface area (Å²) in [5.41, 5.74) is 3.15. The molecular weight excluding hydrogens is 407 g/mol. The fourth-order valence-electron chi connectivity index (χ4n) is 4.05. The van der Waals surface area contributed by atoms with Crippen LogP contribution in [0.3, 0.4) is 0 Å². The minimum atomic E-state index is -1.59. The quantitative estimate of drug-likeness (QED) is 0.286. The standard InChI is InChI=1S/C26H21F5/c1-2-3-4-15-5-8-19(22(27)11-15)16-6-9-20-17(12-16)7-10-21(25(20)30)18-13-23(28)26(31)24(29)14-18/h5,7-8,10-14H,2-4,6,9H2,1H3. The third-order valence-electron chi connectivity index (χ3n) is 5.75. The highest BCUT2D eigenvalue weighted by atomic mass is 19.2. The molecule has 160 valence electrons. The zero-order valence-corrected chi connectivity index (χ0v) is 17.0. The van der Waals surface area contributed by atoms with Crippen molar-refractivity contribution in [2.24, 2.45) is 0 Å². The van der Waals surface area contributed by atoms with Crippen molar-refractivity contribution < 1.29 is 22.0 Å². The van der Waals surface area contributed by atoms with E-state index in [1.54, 1.807) is 24.3 Å². The molecule has 5 heteroatoms. The van der Waals surface area contributed by atoms with Crippen LogP contribution in [0, 0.1) is 29.1 Å². The SMILES string of the molecule is CCCCc1ccc(C2=Cc3ccc(-c4cc(F)c(F)c(F)c4)c(F)c3CC2)c(F)c1. The van der Waals surface area contributed by atoms with E-state index < -0.39 is 23.3 Å². The minimum Gasteiger partial charge on any atom is -0.206 e. The highest BCUT2D eigenvalue weighted by Gasteiger charge is 2.21. The lowest BCUT2D eigenvalue weighted by molar-refractivity contribution is 0.447. The van der Waals surface area contributed by atoms with Gasteiger partial charge in [0.15, 0.2) is 17.5 Å². The second kappa shape index (κ2) is 8.66. The maximum absolute atomic E-state index is 15.1. The van der Waals surface area contributed by atoms with E-state index in [0.29, 0.717) is 29.5 Å². The largest absolute Gasteiger partial charge is 0.206 e. The van der Waals surface area contributed by atoms with E-state index >= 15 is 4.39 Å². The van der Waals surface area contributed by atoms with Gasteiger partial charge in [0.1, 0.15) is 11.6 Å². The second-order valence-corrected chi connectivity index (χ2v) is 7.84. The van der Waals surface area contributed by atoms with Crippen LogP contribution >= 0.6 is 0 Å². The molecule has 0 aliphatic heterocycles. The van der Waals surface area contributed by atoms with Crippen LogP contribution in [0.15, 0.2) is 42.5 Å². The summed E-state index contributed by atoms with van der Waals surface area (Å²) in [7, 11) is 0. The Balaban J connectivity index is 1.69. The maximum Gasteiger partial charge on any atom is 0.194 e. The van der Waals surface area contributed by atoms with Gasteiger partial charge in [-0.3, -0.25) is 0 Å². The molecule has 0 bridgehead atoms. The number of rotatable bonds is 5. The summed E-state index contributed by atoms with van der Waals surface area (Å²) in [6, 6.07) is 9.86. The lowest BCUT2D eigenvalue weighted by Crippen LogP contribution is -2.05. The molecule has 0 fully saturated rings. The summed E-state index contributed by atoms with van der Waals surface area (Å²) in [6.45, 7) is 2.09. The highest BCUT2D eigenvalue weighted by Crippen LogP contribution is 2.37. The zero-order valence-electron chi connectivity index (χ0n) is 17.0. The van der Waals surface area contributed by atoms with Crippen molar-refractivity contribution in [3.05, 3.63) is 93.8 Å². The van der Waals surface area contributed by atoms with E-state index in [9.17, 15) is 17.6 Å². The normalized spacial score (nSPS) is 13.2. The maximum atomic E-state index is 15.1. The predicted molar refractivity (Wildman–Crippen MR) is 113 cm³/mol. The van der Waals surface area contributed by atoms with E-state index in [1.165, 1.54) is 6.07 Å². The summed E-state index contributed by atoms with van der Waals surface area (Å²) in [5.74, 6) is -5.22. The molecule has 0 nitrogen and oxygen atoms in total. The van der Waals surface area contributed by atoms with E-state index in [2.05, 4.69) is 6.92 Å². The number of allylic oxidation sites excluding steroid dienone is 1. The number of fused-ring (bicyclic) bond motifs is 1. The molecule has 1 aliphatic carbocycles. The van der Waals surface area contributed by atoms with Gasteiger partial charge in [0.2, 0.25) is 0 Å². The summed E-state index contributed by atoms with van der Waals surface area (Å²) in [6.07, 6.45) is 5.37. The number of halogens is 5. The van der Waals surface area contributed by atoms with Crippen molar-refractivity contribution in [2.45, 2.75) is 39.0 Å². The Kier molecular flexibility index (Phi) is 5.94. The van der Waals surface area contributed by atoms with E-state index in [0.717, 1.165) is 42.5 Å². The third kappa shape index (κ3) is 4.14. The smallest absolute Gasteiger partial charge is 0.194 e. The van der Waals surface area contributed by atoms with Crippen molar-refractivity contribution >= 4 is 11.6 Å². The number of hydrogen-bond donors (Lipinski definition) is 0. The summed E-state index contributed by atoms with van der Waals surface area (Å²) < 4.78 is 70.3. The molecule has 0 radical (unpaired) electrons. The molecular formula is C26H21F5. The fourth-order valence-corrected chi connectivity index (χ4v) is 4.05. The lowest BCUT2D eigenvalue weighted by Gasteiger charge is -2.20. The molecule has 0 saturated heterocycles. The van der Waals surface area contributed by atoms with Crippen molar-refractivity contribution in [2.75, 3.05) is 0 Å². The van der Waals surface area contributed by atoms with Gasteiger partial charge >= 0.3 is 0 Å². The van der Waals surface area contributed by atoms with Gasteiger partial charge in [-0.15, -0.1) is 0 Å². The van der Waals surface area contributed by atoms with Crippen molar-refractivity contribution in [1.29, 1.82) is 0 Å². The first-order valence-electron chi connectivity index (χ1n) is 10.3. The molecule has 0 atom stereocenters. The Bertz CT molecular complexity index is 1150. The van der Waals surface area contributed by atoms with Crippen LogP contribution in [0.1, 0.15) is 48.4 Å². The molecule has 0 amide bonds.